The van der Waals surface area contributed by atoms with Gasteiger partial charge in [0.15, 0.2) is 0 Å². The van der Waals surface area contributed by atoms with Crippen LogP contribution in [0.2, 0.25) is 0 Å². The summed E-state index contributed by atoms with van der Waals surface area (Å²) in [6, 6.07) is 3.40. The number of rotatable bonds is 4. The molecule has 1 fully saturated rings. The van der Waals surface area contributed by atoms with Crippen LogP contribution in [0.25, 0.3) is 0 Å². The number of halogens is 6. The fourth-order valence-corrected chi connectivity index (χ4v) is 5.88. The minimum absolute atomic E-state index is 0.114. The van der Waals surface area contributed by atoms with Gasteiger partial charge in [-0.25, -0.2) is 4.99 Å². The molecule has 208 valence electrons. The van der Waals surface area contributed by atoms with Gasteiger partial charge in [0.25, 0.3) is 0 Å². The van der Waals surface area contributed by atoms with Gasteiger partial charge in [0, 0.05) is 19.0 Å². The molecule has 5 heterocycles. The SMILES string of the molecule is CN1C(=O)[C@H]2C[C@]34C5=CC(OCC(F)(F)F)(OCC(F)(F)F)C=CC5=N[C@H]3Oc3ccc(cc34)C[C@@H]1C(=O)N2. The maximum Gasteiger partial charge on any atom is 0.411 e. The van der Waals surface area contributed by atoms with E-state index in [1.165, 1.54) is 18.0 Å². The van der Waals surface area contributed by atoms with E-state index in [1.54, 1.807) is 18.2 Å². The number of benzene rings is 1. The lowest BCUT2D eigenvalue weighted by Gasteiger charge is -2.42. The van der Waals surface area contributed by atoms with E-state index in [-0.39, 0.29) is 35.9 Å². The van der Waals surface area contributed by atoms with Crippen LogP contribution in [0.4, 0.5) is 26.3 Å². The molecular weight excluding hydrogens is 536 g/mol. The van der Waals surface area contributed by atoms with E-state index in [9.17, 15) is 35.9 Å². The van der Waals surface area contributed by atoms with Crippen molar-refractivity contribution in [3.63, 3.8) is 0 Å². The minimum Gasteiger partial charge on any atom is -0.467 e. The van der Waals surface area contributed by atoms with Crippen LogP contribution >= 0.6 is 0 Å². The van der Waals surface area contributed by atoms with Crippen LogP contribution in [0.5, 0.6) is 5.75 Å². The highest BCUT2D eigenvalue weighted by Gasteiger charge is 2.61. The van der Waals surface area contributed by atoms with Crippen LogP contribution in [0.15, 0.2) is 47.0 Å². The van der Waals surface area contributed by atoms with Crippen LogP contribution < -0.4 is 10.1 Å². The lowest BCUT2D eigenvalue weighted by molar-refractivity contribution is -0.274. The van der Waals surface area contributed by atoms with Gasteiger partial charge in [0.05, 0.1) is 11.1 Å². The molecule has 1 aromatic rings. The molecule has 0 aromatic heterocycles. The highest BCUT2D eigenvalue weighted by Crippen LogP contribution is 2.57. The van der Waals surface area contributed by atoms with Crippen molar-refractivity contribution in [3.05, 3.63) is 53.1 Å². The summed E-state index contributed by atoms with van der Waals surface area (Å²) in [6.45, 7) is -3.77. The summed E-state index contributed by atoms with van der Waals surface area (Å²) in [7, 11) is 1.51. The molecule has 0 saturated carbocycles. The number of allylic oxidation sites excluding steroid dienone is 1. The largest absolute Gasteiger partial charge is 0.467 e. The van der Waals surface area contributed by atoms with Gasteiger partial charge < -0.3 is 24.4 Å². The fourth-order valence-electron chi connectivity index (χ4n) is 5.88. The highest BCUT2D eigenvalue weighted by atomic mass is 19.4. The first-order chi connectivity index (χ1) is 18.2. The van der Waals surface area contributed by atoms with E-state index in [0.717, 1.165) is 12.2 Å². The molecule has 1 spiro atoms. The monoisotopic (exact) mass is 557 g/mol. The number of amides is 2. The average Bonchev–Trinajstić information content (AvgIpc) is 3.31. The summed E-state index contributed by atoms with van der Waals surface area (Å²) < 4.78 is 94.7. The standard InChI is InChI=1S/C25H21F6N3O5/c1-34-17-7-12-2-3-18-13(6-12)23(9-16(20(34)36)32-19(17)35)14-8-22(37-10-24(26,27)28,38-11-25(29,30)31)5-4-15(14)33-21(23)39-18/h2-6,8,16-17,21H,7,9-11H2,1H3,(H,32,35)/t16-,17-,21+,23+/m1/s1. The van der Waals surface area contributed by atoms with Gasteiger partial charge in [-0.05, 0) is 41.9 Å². The summed E-state index contributed by atoms with van der Waals surface area (Å²) in [5.74, 6) is -2.90. The molecule has 7 rings (SSSR count). The maximum atomic E-state index is 13.3. The first kappa shape index (κ1) is 25.9. The Balaban J connectivity index is 1.51. The van der Waals surface area contributed by atoms with Gasteiger partial charge in [-0.3, -0.25) is 9.59 Å². The molecule has 1 N–H and O–H groups in total. The maximum absolute atomic E-state index is 13.3. The molecule has 1 aromatic carbocycles. The molecular formula is C25H21F6N3O5. The Kier molecular flexibility index (Phi) is 5.51. The zero-order valence-electron chi connectivity index (χ0n) is 20.2. The van der Waals surface area contributed by atoms with Crippen molar-refractivity contribution in [1.82, 2.24) is 10.2 Å². The number of fused-ring (bicyclic) bond motifs is 3. The number of hydrogen-bond acceptors (Lipinski definition) is 6. The quantitative estimate of drug-likeness (QED) is 0.455. The zero-order chi connectivity index (χ0) is 28.0. The third kappa shape index (κ3) is 4.20. The van der Waals surface area contributed by atoms with E-state index in [2.05, 4.69) is 10.3 Å². The molecule has 14 heteroatoms. The van der Waals surface area contributed by atoms with Crippen LogP contribution in [0.1, 0.15) is 17.5 Å². The Hall–Kier alpha value is -3.39. The summed E-state index contributed by atoms with van der Waals surface area (Å²) in [5, 5.41) is 2.74. The first-order valence-electron chi connectivity index (χ1n) is 12.0. The second-order valence-corrected chi connectivity index (χ2v) is 10.1. The molecule has 8 nitrogen and oxygen atoms in total. The second-order valence-electron chi connectivity index (χ2n) is 10.1. The van der Waals surface area contributed by atoms with Gasteiger partial charge in [-0.15, -0.1) is 0 Å². The molecule has 4 bridgehead atoms. The van der Waals surface area contributed by atoms with Gasteiger partial charge >= 0.3 is 12.4 Å². The smallest absolute Gasteiger partial charge is 0.411 e. The summed E-state index contributed by atoms with van der Waals surface area (Å²) in [6.07, 6.45) is -7.44. The van der Waals surface area contributed by atoms with Crippen molar-refractivity contribution in [2.24, 2.45) is 4.99 Å². The number of nitrogens with one attached hydrogen (secondary N) is 1. The first-order valence-corrected chi connectivity index (χ1v) is 12.0. The van der Waals surface area contributed by atoms with E-state index < -0.39 is 55.1 Å². The molecule has 2 amide bonds. The highest BCUT2D eigenvalue weighted by molar-refractivity contribution is 6.14. The van der Waals surface area contributed by atoms with Gasteiger partial charge in [-0.1, -0.05) is 12.1 Å². The van der Waals surface area contributed by atoms with Gasteiger partial charge in [0.2, 0.25) is 23.8 Å². The fraction of sp³-hybridized carbons (Fsp3) is 0.480. The van der Waals surface area contributed by atoms with Crippen molar-refractivity contribution in [2.45, 2.75) is 54.7 Å². The molecule has 4 atom stereocenters. The molecule has 0 unspecified atom stereocenters. The van der Waals surface area contributed by atoms with Crippen molar-refractivity contribution < 1.29 is 50.1 Å². The molecule has 39 heavy (non-hydrogen) atoms. The number of alkyl halides is 6. The Morgan fingerprint density at radius 3 is 2.49 bits per heavy atom. The number of hydrogen-bond donors (Lipinski definition) is 1. The third-order valence-corrected chi connectivity index (χ3v) is 7.63. The van der Waals surface area contributed by atoms with E-state index >= 15 is 0 Å². The number of carbonyl (C=O) groups is 2. The average molecular weight is 557 g/mol. The Morgan fingerprint density at radius 2 is 1.82 bits per heavy atom. The van der Waals surface area contributed by atoms with Crippen molar-refractivity contribution in [3.8, 4) is 5.75 Å². The van der Waals surface area contributed by atoms with Crippen LogP contribution in [-0.4, -0.2) is 79.1 Å². The van der Waals surface area contributed by atoms with Crippen LogP contribution in [-0.2, 0) is 30.9 Å². The normalized spacial score (nSPS) is 30.3. The Bertz CT molecular complexity index is 1330. The van der Waals surface area contributed by atoms with Gasteiger partial charge in [-0.2, -0.15) is 26.3 Å². The summed E-state index contributed by atoms with van der Waals surface area (Å²) in [4.78, 5) is 32.2. The van der Waals surface area contributed by atoms with Crippen LogP contribution in [0.3, 0.4) is 0 Å². The lowest BCUT2D eigenvalue weighted by atomic mass is 9.67. The second kappa shape index (κ2) is 8.31. The van der Waals surface area contributed by atoms with Crippen molar-refractivity contribution >= 4 is 17.5 Å². The molecule has 0 radical (unpaired) electrons. The van der Waals surface area contributed by atoms with E-state index in [4.69, 9.17) is 14.2 Å². The predicted molar refractivity (Wildman–Crippen MR) is 121 cm³/mol. The van der Waals surface area contributed by atoms with Crippen molar-refractivity contribution in [1.29, 1.82) is 0 Å². The molecule has 1 aliphatic carbocycles. The number of carbonyl (C=O) groups excluding carboxylic acids is 2. The Morgan fingerprint density at radius 1 is 1.13 bits per heavy atom. The predicted octanol–water partition coefficient (Wildman–Crippen LogP) is 2.72. The Labute approximate surface area is 217 Å². The molecule has 6 aliphatic rings. The number of aliphatic imine (C=N–C) groups is 1. The van der Waals surface area contributed by atoms with E-state index in [0.29, 0.717) is 16.9 Å². The summed E-state index contributed by atoms with van der Waals surface area (Å²) in [5.41, 5.74) is 0.325. The third-order valence-electron chi connectivity index (χ3n) is 7.63. The number of ether oxygens (including phenoxy) is 3. The minimum atomic E-state index is -4.86. The van der Waals surface area contributed by atoms with Crippen molar-refractivity contribution in [2.75, 3.05) is 20.3 Å². The summed E-state index contributed by atoms with van der Waals surface area (Å²) >= 11 is 0. The van der Waals surface area contributed by atoms with Gasteiger partial charge in [0.1, 0.15) is 31.0 Å². The van der Waals surface area contributed by atoms with E-state index in [1.807, 2.05) is 0 Å². The van der Waals surface area contributed by atoms with Crippen LogP contribution in [0, 0.1) is 0 Å². The topological polar surface area (TPSA) is 89.5 Å². The zero-order valence-corrected chi connectivity index (χ0v) is 20.2. The lowest BCUT2D eigenvalue weighted by Crippen LogP contribution is -2.64. The molecule has 1 saturated heterocycles. The number of likely N-dealkylation sites (N-methyl/N-ethyl adjacent to an activating group) is 1. The molecule has 5 aliphatic heterocycles. The number of piperazine rings is 1. The number of nitrogens with zero attached hydrogens (tertiary/aromatic N) is 2.